The van der Waals surface area contributed by atoms with Gasteiger partial charge in [-0.2, -0.15) is 5.10 Å². The van der Waals surface area contributed by atoms with E-state index < -0.39 is 17.8 Å². The van der Waals surface area contributed by atoms with Crippen LogP contribution < -0.4 is 10.7 Å². The zero-order valence-corrected chi connectivity index (χ0v) is 20.2. The summed E-state index contributed by atoms with van der Waals surface area (Å²) >= 11 is 12.3. The van der Waals surface area contributed by atoms with E-state index in [1.165, 1.54) is 30.5 Å². The third-order valence-electron chi connectivity index (χ3n) is 4.85. The SMILES string of the molecule is CCOC(=O)c1ccc(NC(=O)C(=O)N/N=C/c2cc(C)n(-c3ccc(Cl)cc3Cl)c2C)cc1. The van der Waals surface area contributed by atoms with Gasteiger partial charge in [0.15, 0.2) is 0 Å². The molecule has 3 rings (SSSR count). The molecule has 0 spiro atoms. The maximum Gasteiger partial charge on any atom is 0.338 e. The first-order valence-corrected chi connectivity index (χ1v) is 11.0. The normalized spacial score (nSPS) is 10.9. The number of aromatic nitrogens is 1. The monoisotopic (exact) mass is 500 g/mol. The van der Waals surface area contributed by atoms with Crippen molar-refractivity contribution in [1.82, 2.24) is 9.99 Å². The molecule has 3 aromatic rings. The van der Waals surface area contributed by atoms with Crippen LogP contribution in [0.4, 0.5) is 5.69 Å². The number of aryl methyl sites for hydroxylation is 1. The molecule has 0 saturated heterocycles. The third kappa shape index (κ3) is 5.84. The maximum atomic E-state index is 12.1. The van der Waals surface area contributed by atoms with Crippen molar-refractivity contribution in [2.24, 2.45) is 5.10 Å². The summed E-state index contributed by atoms with van der Waals surface area (Å²) in [4.78, 5) is 35.9. The van der Waals surface area contributed by atoms with Crippen LogP contribution in [0, 0.1) is 13.8 Å². The van der Waals surface area contributed by atoms with E-state index in [9.17, 15) is 14.4 Å². The van der Waals surface area contributed by atoms with Crippen molar-refractivity contribution in [2.75, 3.05) is 11.9 Å². The van der Waals surface area contributed by atoms with Gasteiger partial charge in [-0.05, 0) is 69.3 Å². The lowest BCUT2D eigenvalue weighted by Crippen LogP contribution is -2.32. The lowest BCUT2D eigenvalue weighted by molar-refractivity contribution is -0.136. The van der Waals surface area contributed by atoms with Gasteiger partial charge in [-0.3, -0.25) is 9.59 Å². The van der Waals surface area contributed by atoms with Crippen LogP contribution in [0.1, 0.15) is 34.2 Å². The topological polar surface area (TPSA) is 102 Å². The van der Waals surface area contributed by atoms with Crippen molar-refractivity contribution in [3.8, 4) is 5.69 Å². The van der Waals surface area contributed by atoms with E-state index in [-0.39, 0.29) is 6.61 Å². The molecular weight excluding hydrogens is 479 g/mol. The predicted molar refractivity (Wildman–Crippen MR) is 132 cm³/mol. The van der Waals surface area contributed by atoms with E-state index >= 15 is 0 Å². The molecule has 0 bridgehead atoms. The Balaban J connectivity index is 1.63. The van der Waals surface area contributed by atoms with Gasteiger partial charge in [0.1, 0.15) is 0 Å². The lowest BCUT2D eigenvalue weighted by atomic mass is 10.2. The van der Waals surface area contributed by atoms with Crippen LogP contribution in [0.2, 0.25) is 10.0 Å². The van der Waals surface area contributed by atoms with Gasteiger partial charge < -0.3 is 14.6 Å². The van der Waals surface area contributed by atoms with E-state index in [2.05, 4.69) is 15.8 Å². The van der Waals surface area contributed by atoms with E-state index in [4.69, 9.17) is 27.9 Å². The number of ether oxygens (including phenoxy) is 1. The predicted octanol–water partition coefficient (Wildman–Crippen LogP) is 4.67. The summed E-state index contributed by atoms with van der Waals surface area (Å²) in [5, 5.41) is 7.37. The van der Waals surface area contributed by atoms with Gasteiger partial charge in [0.25, 0.3) is 0 Å². The minimum absolute atomic E-state index is 0.261. The number of hydrazone groups is 1. The molecule has 1 heterocycles. The molecule has 8 nitrogen and oxygen atoms in total. The Morgan fingerprint density at radius 2 is 1.74 bits per heavy atom. The molecule has 176 valence electrons. The highest BCUT2D eigenvalue weighted by atomic mass is 35.5. The minimum Gasteiger partial charge on any atom is -0.462 e. The standard InChI is InChI=1S/C24H22Cl2N4O4/c1-4-34-24(33)16-5-8-19(9-6-16)28-22(31)23(32)29-27-13-17-11-14(2)30(15(17)3)21-10-7-18(25)12-20(21)26/h5-13H,4H2,1-3H3,(H,28,31)(H,29,32)/b27-13+. The Hall–Kier alpha value is -3.62. The fourth-order valence-corrected chi connectivity index (χ4v) is 3.75. The maximum absolute atomic E-state index is 12.1. The Morgan fingerprint density at radius 3 is 2.38 bits per heavy atom. The van der Waals surface area contributed by atoms with Gasteiger partial charge >= 0.3 is 17.8 Å². The molecule has 10 heteroatoms. The van der Waals surface area contributed by atoms with Gasteiger partial charge in [0.05, 0.1) is 29.1 Å². The number of rotatable bonds is 6. The Labute approximate surface area is 206 Å². The van der Waals surface area contributed by atoms with E-state index in [1.807, 2.05) is 30.5 Å². The molecule has 0 radical (unpaired) electrons. The first-order valence-electron chi connectivity index (χ1n) is 10.3. The first kappa shape index (κ1) is 25.0. The highest BCUT2D eigenvalue weighted by Crippen LogP contribution is 2.28. The van der Waals surface area contributed by atoms with E-state index in [0.29, 0.717) is 21.3 Å². The number of nitrogens with zero attached hydrogens (tertiary/aromatic N) is 2. The third-order valence-corrected chi connectivity index (χ3v) is 5.39. The lowest BCUT2D eigenvalue weighted by Gasteiger charge is -2.11. The number of hydrogen-bond acceptors (Lipinski definition) is 5. The van der Waals surface area contributed by atoms with Crippen molar-refractivity contribution >= 4 is 52.9 Å². The molecule has 0 saturated carbocycles. The van der Waals surface area contributed by atoms with Crippen molar-refractivity contribution in [3.63, 3.8) is 0 Å². The molecule has 34 heavy (non-hydrogen) atoms. The molecule has 0 unspecified atom stereocenters. The second kappa shape index (κ2) is 11.0. The zero-order valence-electron chi connectivity index (χ0n) is 18.7. The number of carbonyl (C=O) groups is 3. The highest BCUT2D eigenvalue weighted by Gasteiger charge is 2.15. The molecule has 0 aliphatic rings. The number of halogens is 2. The number of esters is 1. The average molecular weight is 501 g/mol. The van der Waals surface area contributed by atoms with Crippen molar-refractivity contribution in [2.45, 2.75) is 20.8 Å². The van der Waals surface area contributed by atoms with Gasteiger partial charge in [0, 0.05) is 27.7 Å². The molecule has 1 aromatic heterocycles. The molecule has 2 amide bonds. The van der Waals surface area contributed by atoms with Gasteiger partial charge in [-0.15, -0.1) is 0 Å². The summed E-state index contributed by atoms with van der Waals surface area (Å²) in [7, 11) is 0. The van der Waals surface area contributed by atoms with E-state index in [0.717, 1.165) is 22.6 Å². The van der Waals surface area contributed by atoms with Crippen LogP contribution in [0.25, 0.3) is 5.69 Å². The summed E-state index contributed by atoms with van der Waals surface area (Å²) in [6.07, 6.45) is 1.45. The fourth-order valence-electron chi connectivity index (χ4n) is 3.25. The smallest absolute Gasteiger partial charge is 0.338 e. The largest absolute Gasteiger partial charge is 0.462 e. The summed E-state index contributed by atoms with van der Waals surface area (Å²) < 4.78 is 6.84. The Morgan fingerprint density at radius 1 is 1.03 bits per heavy atom. The number of amides is 2. The van der Waals surface area contributed by atoms with Gasteiger partial charge in [-0.25, -0.2) is 10.2 Å². The number of anilines is 1. The van der Waals surface area contributed by atoms with E-state index in [1.54, 1.807) is 19.1 Å². The first-order chi connectivity index (χ1) is 16.2. The molecule has 0 fully saturated rings. The second-order valence-corrected chi connectivity index (χ2v) is 8.05. The molecule has 2 aromatic carbocycles. The number of carbonyl (C=O) groups excluding carboxylic acids is 3. The highest BCUT2D eigenvalue weighted by molar-refractivity contribution is 6.39. The van der Waals surface area contributed by atoms with Gasteiger partial charge in [-0.1, -0.05) is 23.2 Å². The zero-order chi connectivity index (χ0) is 24.8. The van der Waals surface area contributed by atoms with Crippen molar-refractivity contribution in [1.29, 1.82) is 0 Å². The number of nitrogens with one attached hydrogen (secondary N) is 2. The minimum atomic E-state index is -0.944. The second-order valence-electron chi connectivity index (χ2n) is 7.21. The number of benzene rings is 2. The van der Waals surface area contributed by atoms with Crippen LogP contribution >= 0.6 is 23.2 Å². The summed E-state index contributed by atoms with van der Waals surface area (Å²) in [6, 6.07) is 13.1. The average Bonchev–Trinajstić information content (AvgIpc) is 3.07. The van der Waals surface area contributed by atoms with Crippen molar-refractivity contribution in [3.05, 3.63) is 81.1 Å². The summed E-state index contributed by atoms with van der Waals surface area (Å²) in [5.41, 5.74) is 6.13. The molecule has 2 N–H and O–H groups in total. The van der Waals surface area contributed by atoms with Crippen LogP contribution in [-0.4, -0.2) is 35.2 Å². The van der Waals surface area contributed by atoms with Crippen LogP contribution in [-0.2, 0) is 14.3 Å². The van der Waals surface area contributed by atoms with Crippen molar-refractivity contribution < 1.29 is 19.1 Å². The number of hydrogen-bond donors (Lipinski definition) is 2. The van der Waals surface area contributed by atoms with Crippen LogP contribution in [0.3, 0.4) is 0 Å². The molecule has 0 aliphatic carbocycles. The quantitative estimate of drug-likeness (QED) is 0.222. The molecule has 0 atom stereocenters. The molecular formula is C24H22Cl2N4O4. The summed E-state index contributed by atoms with van der Waals surface area (Å²) in [5.74, 6) is -2.31. The Kier molecular flexibility index (Phi) is 8.09. The summed E-state index contributed by atoms with van der Waals surface area (Å²) in [6.45, 7) is 5.76. The fraction of sp³-hybridized carbons (Fsp3) is 0.167. The molecule has 0 aliphatic heterocycles. The van der Waals surface area contributed by atoms with Crippen LogP contribution in [0.5, 0.6) is 0 Å². The Bertz CT molecular complexity index is 1270. The van der Waals surface area contributed by atoms with Crippen LogP contribution in [0.15, 0.2) is 53.6 Å². The van der Waals surface area contributed by atoms with Gasteiger partial charge in [0.2, 0.25) is 0 Å².